The molecular formula is C11H12Cl2NNaO5S2. The first-order valence-electron chi connectivity index (χ1n) is 5.06. The largest absolute Gasteiger partial charge is 1.00 e. The van der Waals surface area contributed by atoms with Crippen LogP contribution < -0.4 is 34.9 Å². The minimum absolute atomic E-state index is 0. The van der Waals surface area contributed by atoms with E-state index < -0.39 is 15.5 Å². The molecule has 0 bridgehead atoms. The van der Waals surface area contributed by atoms with E-state index in [0.717, 1.165) is 0 Å². The molecule has 1 heterocycles. The Morgan fingerprint density at radius 3 is 2.23 bits per heavy atom. The molecule has 1 atom stereocenters. The van der Waals surface area contributed by atoms with Crippen molar-refractivity contribution < 1.29 is 53.5 Å². The first kappa shape index (κ1) is 24.4. The summed E-state index contributed by atoms with van der Waals surface area (Å²) in [5, 5.41) is 5.23. The van der Waals surface area contributed by atoms with Crippen LogP contribution in [0.15, 0.2) is 35.0 Å². The van der Waals surface area contributed by atoms with E-state index in [1.807, 2.05) is 0 Å². The molecule has 22 heavy (non-hydrogen) atoms. The molecule has 0 fully saturated rings. The predicted molar refractivity (Wildman–Crippen MR) is 84.1 cm³/mol. The summed E-state index contributed by atoms with van der Waals surface area (Å²) in [6.45, 7) is 0. The third-order valence-corrected chi connectivity index (χ3v) is 4.76. The van der Waals surface area contributed by atoms with Crippen molar-refractivity contribution in [1.29, 1.82) is 0 Å². The maximum absolute atomic E-state index is 11.3. The fraction of sp³-hybridized carbons (Fsp3) is 0.0909. The van der Waals surface area contributed by atoms with Gasteiger partial charge in [0, 0.05) is 5.69 Å². The van der Waals surface area contributed by atoms with Gasteiger partial charge in [0.1, 0.15) is 15.5 Å². The van der Waals surface area contributed by atoms with Crippen LogP contribution in [0.4, 0.5) is 5.69 Å². The Morgan fingerprint density at radius 1 is 1.14 bits per heavy atom. The molecule has 11 heteroatoms. The molecule has 2 rings (SSSR count). The minimum Gasteiger partial charge on any atom is -0.746 e. The van der Waals surface area contributed by atoms with Gasteiger partial charge in [0.25, 0.3) is 0 Å². The monoisotopic (exact) mass is 395 g/mol. The van der Waals surface area contributed by atoms with Crippen LogP contribution in [0.1, 0.15) is 10.9 Å². The summed E-state index contributed by atoms with van der Waals surface area (Å²) in [4.78, 5) is 0. The van der Waals surface area contributed by atoms with Gasteiger partial charge in [-0.1, -0.05) is 23.2 Å². The fourth-order valence-corrected chi connectivity index (χ4v) is 3.31. The second kappa shape index (κ2) is 10.1. The van der Waals surface area contributed by atoms with Crippen molar-refractivity contribution >= 4 is 50.3 Å². The fourth-order valence-electron chi connectivity index (χ4n) is 1.48. The van der Waals surface area contributed by atoms with Crippen LogP contribution in [0.3, 0.4) is 0 Å². The van der Waals surface area contributed by atoms with Gasteiger partial charge < -0.3 is 20.8 Å². The smallest absolute Gasteiger partial charge is 0.746 e. The number of anilines is 1. The van der Waals surface area contributed by atoms with Crippen LogP contribution in [0, 0.1) is 0 Å². The van der Waals surface area contributed by atoms with Gasteiger partial charge in [-0.2, -0.15) is 11.3 Å². The second-order valence-electron chi connectivity index (χ2n) is 3.70. The van der Waals surface area contributed by atoms with Crippen LogP contribution in [0.5, 0.6) is 0 Å². The third kappa shape index (κ3) is 6.32. The summed E-state index contributed by atoms with van der Waals surface area (Å²) in [6, 6.07) is 6.12. The van der Waals surface area contributed by atoms with Gasteiger partial charge in [0.2, 0.25) is 0 Å². The van der Waals surface area contributed by atoms with Gasteiger partial charge in [-0.05, 0) is 40.6 Å². The van der Waals surface area contributed by atoms with Crippen LogP contribution in [0.2, 0.25) is 10.0 Å². The first-order valence-corrected chi connectivity index (χ1v) is 8.23. The van der Waals surface area contributed by atoms with E-state index in [2.05, 4.69) is 5.32 Å². The second-order valence-corrected chi connectivity index (χ2v) is 6.75. The average molecular weight is 396 g/mol. The molecule has 0 saturated carbocycles. The van der Waals surface area contributed by atoms with E-state index >= 15 is 0 Å². The number of benzene rings is 1. The Morgan fingerprint density at radius 2 is 1.77 bits per heavy atom. The van der Waals surface area contributed by atoms with E-state index in [0.29, 0.717) is 16.3 Å². The number of hydrogen-bond acceptors (Lipinski definition) is 5. The zero-order valence-electron chi connectivity index (χ0n) is 11.3. The van der Waals surface area contributed by atoms with Crippen molar-refractivity contribution in [2.24, 2.45) is 0 Å². The normalized spacial score (nSPS) is 11.4. The van der Waals surface area contributed by atoms with Crippen molar-refractivity contribution in [2.75, 3.05) is 5.32 Å². The van der Waals surface area contributed by atoms with Crippen LogP contribution in [-0.4, -0.2) is 23.9 Å². The molecule has 0 aliphatic rings. The molecule has 1 unspecified atom stereocenters. The van der Waals surface area contributed by atoms with Gasteiger partial charge in [-0.25, -0.2) is 8.42 Å². The zero-order valence-corrected chi connectivity index (χ0v) is 16.5. The van der Waals surface area contributed by atoms with E-state index in [1.54, 1.807) is 22.9 Å². The van der Waals surface area contributed by atoms with Gasteiger partial charge in [-0.15, -0.1) is 0 Å². The summed E-state index contributed by atoms with van der Waals surface area (Å²) in [7, 11) is -4.54. The topological polar surface area (TPSA) is 132 Å². The van der Waals surface area contributed by atoms with Gasteiger partial charge in [0.15, 0.2) is 0 Å². The molecule has 118 valence electrons. The van der Waals surface area contributed by atoms with E-state index in [4.69, 9.17) is 23.2 Å². The molecule has 0 saturated heterocycles. The SMILES string of the molecule is O.O.O=S(=O)([O-])C(Nc1ccc(Cl)c(Cl)c1)c1ccsc1.[Na+]. The molecule has 5 N–H and O–H groups in total. The number of rotatable bonds is 4. The van der Waals surface area contributed by atoms with Crippen LogP contribution >= 0.6 is 34.5 Å². The quantitative estimate of drug-likeness (QED) is 0.528. The maximum Gasteiger partial charge on any atom is 1.00 e. The molecule has 1 aromatic carbocycles. The summed E-state index contributed by atoms with van der Waals surface area (Å²) >= 11 is 12.9. The minimum atomic E-state index is -4.54. The summed E-state index contributed by atoms with van der Waals surface area (Å²) in [5.41, 5.74) is 0.802. The molecule has 0 radical (unpaired) electrons. The average Bonchev–Trinajstić information content (AvgIpc) is 2.82. The number of thiophene rings is 1. The molecule has 2 aromatic rings. The van der Waals surface area contributed by atoms with Gasteiger partial charge in [0.05, 0.1) is 10.0 Å². The predicted octanol–water partition coefficient (Wildman–Crippen LogP) is -0.935. The van der Waals surface area contributed by atoms with Gasteiger partial charge in [-0.3, -0.25) is 0 Å². The molecular weight excluding hydrogens is 384 g/mol. The molecule has 0 spiro atoms. The molecule has 0 aliphatic heterocycles. The first-order chi connectivity index (χ1) is 8.88. The molecule has 6 nitrogen and oxygen atoms in total. The number of halogens is 2. The number of hydrogen-bond donors (Lipinski definition) is 1. The summed E-state index contributed by atoms with van der Waals surface area (Å²) < 4.78 is 33.9. The van der Waals surface area contributed by atoms with Crippen molar-refractivity contribution in [3.05, 3.63) is 50.6 Å². The Labute approximate surface area is 164 Å². The summed E-state index contributed by atoms with van der Waals surface area (Å²) in [6.07, 6.45) is 0. The Balaban J connectivity index is 0. The van der Waals surface area contributed by atoms with Crippen molar-refractivity contribution in [1.82, 2.24) is 0 Å². The van der Waals surface area contributed by atoms with Crippen molar-refractivity contribution in [3.8, 4) is 0 Å². The number of nitrogens with one attached hydrogen (secondary N) is 1. The van der Waals surface area contributed by atoms with Crippen LogP contribution in [0.25, 0.3) is 0 Å². The molecule has 1 aromatic heterocycles. The van der Waals surface area contributed by atoms with Crippen molar-refractivity contribution in [3.63, 3.8) is 0 Å². The van der Waals surface area contributed by atoms with E-state index in [-0.39, 0.29) is 45.5 Å². The third-order valence-electron chi connectivity index (χ3n) is 2.35. The maximum atomic E-state index is 11.3. The standard InChI is InChI=1S/C11H9Cl2NO3S2.Na.2H2O/c12-9-2-1-8(5-10(9)13)14-11(19(15,16)17)7-3-4-18-6-7;;;/h1-6,11,14H,(H,15,16,17);;2*1H2/q;+1;;/p-1. The molecule has 0 aliphatic carbocycles. The summed E-state index contributed by atoms with van der Waals surface area (Å²) in [5.74, 6) is 0. The van der Waals surface area contributed by atoms with Gasteiger partial charge >= 0.3 is 29.6 Å². The molecule has 0 amide bonds. The Kier molecular flexibility index (Phi) is 11.2. The Bertz CT molecular complexity index is 682. The Hall–Kier alpha value is 0.130. The van der Waals surface area contributed by atoms with E-state index in [9.17, 15) is 13.0 Å². The van der Waals surface area contributed by atoms with Crippen LogP contribution in [-0.2, 0) is 10.1 Å². The zero-order chi connectivity index (χ0) is 14.0. The van der Waals surface area contributed by atoms with Crippen molar-refractivity contribution in [2.45, 2.75) is 5.37 Å². The van der Waals surface area contributed by atoms with E-state index in [1.165, 1.54) is 23.5 Å².